The molecule has 0 saturated heterocycles. The van der Waals surface area contributed by atoms with Gasteiger partial charge in [0, 0.05) is 0 Å². The predicted octanol–water partition coefficient (Wildman–Crippen LogP) is -0.0700. The minimum atomic E-state index is 0.585. The molecule has 1 heterocycles. The molecule has 1 rings (SSSR count). The number of methoxy groups -OCH3 is 1. The number of carbonyl (C=O) groups excluding carboxylic acids is 1. The summed E-state index contributed by atoms with van der Waals surface area (Å²) in [7, 11) is 1.52. The van der Waals surface area contributed by atoms with Crippen LogP contribution in [0.15, 0.2) is 12.4 Å². The van der Waals surface area contributed by atoms with Gasteiger partial charge in [0.2, 0.25) is 6.41 Å². The first-order valence-corrected chi connectivity index (χ1v) is 2.40. The second-order valence-electron chi connectivity index (χ2n) is 1.47. The largest absolute Gasteiger partial charge is 0.493 e. The van der Waals surface area contributed by atoms with Crippen LogP contribution in [0.4, 0.5) is 0 Å². The highest BCUT2D eigenvalue weighted by Crippen LogP contribution is 2.03. The second-order valence-corrected chi connectivity index (χ2v) is 1.47. The molecular formula is C5H6N2O2. The molecule has 48 valence electrons. The molecule has 1 aromatic rings. The van der Waals surface area contributed by atoms with Crippen LogP contribution < -0.4 is 4.74 Å². The van der Waals surface area contributed by atoms with E-state index in [9.17, 15) is 4.79 Å². The van der Waals surface area contributed by atoms with Crippen molar-refractivity contribution in [2.45, 2.75) is 0 Å². The van der Waals surface area contributed by atoms with E-state index < -0.39 is 0 Å². The summed E-state index contributed by atoms with van der Waals surface area (Å²) in [4.78, 5) is 9.98. The monoisotopic (exact) mass is 126 g/mol. The Kier molecular flexibility index (Phi) is 1.48. The smallest absolute Gasteiger partial charge is 0.234 e. The lowest BCUT2D eigenvalue weighted by Crippen LogP contribution is -1.92. The Hall–Kier alpha value is -1.32. The Morgan fingerprint density at radius 3 is 3.00 bits per heavy atom. The van der Waals surface area contributed by atoms with Crippen molar-refractivity contribution in [3.63, 3.8) is 0 Å². The van der Waals surface area contributed by atoms with Crippen LogP contribution in [0.1, 0.15) is 0 Å². The van der Waals surface area contributed by atoms with Gasteiger partial charge in [-0.1, -0.05) is 0 Å². The number of hydrogen-bond donors (Lipinski definition) is 0. The zero-order valence-corrected chi connectivity index (χ0v) is 4.94. The summed E-state index contributed by atoms with van der Waals surface area (Å²) in [6.45, 7) is 0. The van der Waals surface area contributed by atoms with E-state index in [1.54, 1.807) is 0 Å². The maximum absolute atomic E-state index is 9.98. The lowest BCUT2D eigenvalue weighted by atomic mass is 10.7. The summed E-state index contributed by atoms with van der Waals surface area (Å²) in [5.41, 5.74) is 0. The second kappa shape index (κ2) is 2.30. The molecule has 4 heteroatoms. The summed E-state index contributed by atoms with van der Waals surface area (Å²) in [5.74, 6) is 0.585. The van der Waals surface area contributed by atoms with Gasteiger partial charge in [0.25, 0.3) is 0 Å². The molecule has 0 spiro atoms. The van der Waals surface area contributed by atoms with Crippen molar-refractivity contribution in [1.29, 1.82) is 0 Å². The highest BCUT2D eigenvalue weighted by atomic mass is 16.5. The summed E-state index contributed by atoms with van der Waals surface area (Å²) >= 11 is 0. The molecule has 0 radical (unpaired) electrons. The van der Waals surface area contributed by atoms with Crippen LogP contribution in [0.25, 0.3) is 0 Å². The van der Waals surface area contributed by atoms with E-state index in [2.05, 4.69) is 5.10 Å². The number of hydrogen-bond acceptors (Lipinski definition) is 3. The van der Waals surface area contributed by atoms with Crippen molar-refractivity contribution in [1.82, 2.24) is 9.78 Å². The van der Waals surface area contributed by atoms with Gasteiger partial charge in [-0.15, -0.1) is 0 Å². The van der Waals surface area contributed by atoms with Gasteiger partial charge in [0.05, 0.1) is 19.5 Å². The van der Waals surface area contributed by atoms with E-state index in [0.717, 1.165) is 4.68 Å². The predicted molar refractivity (Wildman–Crippen MR) is 30.9 cm³/mol. The molecular weight excluding hydrogens is 120 g/mol. The molecule has 0 atom stereocenters. The van der Waals surface area contributed by atoms with E-state index in [-0.39, 0.29) is 0 Å². The molecule has 0 aliphatic rings. The van der Waals surface area contributed by atoms with Crippen molar-refractivity contribution in [2.75, 3.05) is 7.11 Å². The van der Waals surface area contributed by atoms with Gasteiger partial charge in [-0.25, -0.2) is 4.68 Å². The Balaban J connectivity index is 2.86. The summed E-state index contributed by atoms with van der Waals surface area (Å²) in [6.07, 6.45) is 3.56. The fourth-order valence-corrected chi connectivity index (χ4v) is 0.484. The topological polar surface area (TPSA) is 44.1 Å². The first-order valence-electron chi connectivity index (χ1n) is 2.40. The van der Waals surface area contributed by atoms with Crippen molar-refractivity contribution in [2.24, 2.45) is 0 Å². The molecule has 0 saturated carbocycles. The van der Waals surface area contributed by atoms with Crippen LogP contribution in [0.5, 0.6) is 5.75 Å². The van der Waals surface area contributed by atoms with Crippen LogP contribution in [0, 0.1) is 0 Å². The number of ether oxygens (including phenoxy) is 1. The lowest BCUT2D eigenvalue weighted by Gasteiger charge is -1.86. The maximum Gasteiger partial charge on any atom is 0.234 e. The van der Waals surface area contributed by atoms with E-state index in [1.807, 2.05) is 0 Å². The molecule has 0 aliphatic heterocycles. The van der Waals surface area contributed by atoms with Crippen molar-refractivity contribution >= 4 is 6.41 Å². The minimum absolute atomic E-state index is 0.585. The van der Waals surface area contributed by atoms with E-state index in [1.165, 1.54) is 19.5 Å². The number of rotatable bonds is 2. The molecule has 0 bridgehead atoms. The zero-order valence-electron chi connectivity index (χ0n) is 4.94. The average Bonchev–Trinajstić information content (AvgIpc) is 2.34. The minimum Gasteiger partial charge on any atom is -0.493 e. The maximum atomic E-state index is 9.98. The first kappa shape index (κ1) is 5.81. The van der Waals surface area contributed by atoms with Crippen LogP contribution in [0.3, 0.4) is 0 Å². The Bertz CT molecular complexity index is 206. The van der Waals surface area contributed by atoms with Crippen molar-refractivity contribution in [3.05, 3.63) is 12.4 Å². The van der Waals surface area contributed by atoms with Gasteiger partial charge in [-0.3, -0.25) is 4.79 Å². The Morgan fingerprint density at radius 1 is 1.89 bits per heavy atom. The normalized spacial score (nSPS) is 9.00. The average molecular weight is 126 g/mol. The van der Waals surface area contributed by atoms with Gasteiger partial charge in [-0.2, -0.15) is 5.10 Å². The zero-order chi connectivity index (χ0) is 6.69. The molecule has 0 aliphatic carbocycles. The third-order valence-corrected chi connectivity index (χ3v) is 0.922. The van der Waals surface area contributed by atoms with Gasteiger partial charge in [0.15, 0.2) is 5.75 Å². The third kappa shape index (κ3) is 1.07. The summed E-state index contributed by atoms with van der Waals surface area (Å²) < 4.78 is 5.89. The molecule has 0 N–H and O–H groups in total. The number of aromatic nitrogens is 2. The van der Waals surface area contributed by atoms with Gasteiger partial charge < -0.3 is 4.74 Å². The van der Waals surface area contributed by atoms with E-state index >= 15 is 0 Å². The highest BCUT2D eigenvalue weighted by molar-refractivity contribution is 5.50. The van der Waals surface area contributed by atoms with Crippen LogP contribution in [-0.2, 0) is 4.79 Å². The van der Waals surface area contributed by atoms with Gasteiger partial charge in [0.1, 0.15) is 0 Å². The Morgan fingerprint density at radius 2 is 2.67 bits per heavy atom. The summed E-state index contributed by atoms with van der Waals surface area (Å²) in [5, 5.41) is 3.63. The van der Waals surface area contributed by atoms with E-state index in [4.69, 9.17) is 4.74 Å². The SMILES string of the molecule is COc1cnn(C=O)c1. The number of carbonyl (C=O) groups is 1. The Labute approximate surface area is 52.0 Å². The fourth-order valence-electron chi connectivity index (χ4n) is 0.484. The standard InChI is InChI=1S/C5H6N2O2/c1-9-5-2-6-7(3-5)4-8/h2-4H,1H3. The first-order chi connectivity index (χ1) is 4.36. The third-order valence-electron chi connectivity index (χ3n) is 0.922. The summed E-state index contributed by atoms with van der Waals surface area (Å²) in [6, 6.07) is 0. The molecule has 0 fully saturated rings. The van der Waals surface area contributed by atoms with Gasteiger partial charge in [-0.05, 0) is 0 Å². The molecule has 1 aromatic heterocycles. The molecule has 0 unspecified atom stereocenters. The molecule has 0 aromatic carbocycles. The van der Waals surface area contributed by atoms with Gasteiger partial charge >= 0.3 is 0 Å². The quantitative estimate of drug-likeness (QED) is 0.521. The van der Waals surface area contributed by atoms with Crippen molar-refractivity contribution < 1.29 is 9.53 Å². The van der Waals surface area contributed by atoms with Crippen LogP contribution in [-0.4, -0.2) is 23.3 Å². The number of nitrogens with zero attached hydrogens (tertiary/aromatic N) is 2. The molecule has 4 nitrogen and oxygen atoms in total. The van der Waals surface area contributed by atoms with E-state index in [0.29, 0.717) is 12.2 Å². The molecule has 0 amide bonds. The van der Waals surface area contributed by atoms with Crippen LogP contribution in [0.2, 0.25) is 0 Å². The highest BCUT2D eigenvalue weighted by Gasteiger charge is 1.92. The van der Waals surface area contributed by atoms with Crippen molar-refractivity contribution in [3.8, 4) is 5.75 Å². The lowest BCUT2D eigenvalue weighted by molar-refractivity contribution is 0.414. The fraction of sp³-hybridized carbons (Fsp3) is 0.200. The molecule has 9 heavy (non-hydrogen) atoms. The van der Waals surface area contributed by atoms with Crippen LogP contribution >= 0.6 is 0 Å².